The van der Waals surface area contributed by atoms with E-state index >= 15 is 0 Å². The summed E-state index contributed by atoms with van der Waals surface area (Å²) in [5, 5.41) is 3.25. The van der Waals surface area contributed by atoms with Gasteiger partial charge in [0.25, 0.3) is 0 Å². The quantitative estimate of drug-likeness (QED) is 0.705. The highest BCUT2D eigenvalue weighted by atomic mass is 32.1. The molecule has 0 aliphatic carbocycles. The summed E-state index contributed by atoms with van der Waals surface area (Å²) in [7, 11) is 0. The Balaban J connectivity index is 4.02. The van der Waals surface area contributed by atoms with Crippen molar-refractivity contribution in [2.45, 2.75) is 45.4 Å². The van der Waals surface area contributed by atoms with Crippen LogP contribution >= 0.6 is 12.6 Å². The second kappa shape index (κ2) is 6.38. The molecule has 4 heteroatoms. The van der Waals surface area contributed by atoms with Crippen LogP contribution < -0.4 is 5.32 Å². The molecule has 0 spiro atoms. The van der Waals surface area contributed by atoms with Crippen molar-refractivity contribution < 1.29 is 4.79 Å². The first-order valence-electron chi connectivity index (χ1n) is 5.46. The number of nitrogens with one attached hydrogen (secondary N) is 1. The number of hydrogen-bond donors (Lipinski definition) is 2. The molecule has 0 aliphatic rings. The Hall–Kier alpha value is -0.220. The number of hydrogen-bond acceptors (Lipinski definition) is 3. The lowest BCUT2D eigenvalue weighted by atomic mass is 10.1. The summed E-state index contributed by atoms with van der Waals surface area (Å²) in [4.78, 5) is 13.7. The van der Waals surface area contributed by atoms with Gasteiger partial charge < -0.3 is 5.32 Å². The number of rotatable bonds is 5. The molecule has 0 rings (SSSR count). The van der Waals surface area contributed by atoms with Crippen LogP contribution in [0.25, 0.3) is 0 Å². The molecule has 0 aliphatic heterocycles. The van der Waals surface area contributed by atoms with E-state index in [4.69, 9.17) is 0 Å². The molecule has 1 atom stereocenters. The Bertz CT molecular complexity index is 199. The molecule has 1 unspecified atom stereocenters. The Morgan fingerprint density at radius 3 is 2.33 bits per heavy atom. The summed E-state index contributed by atoms with van der Waals surface area (Å²) in [5.74, 6) is 0.0818. The number of carbonyl (C=O) groups is 1. The minimum absolute atomic E-state index is 0.0818. The summed E-state index contributed by atoms with van der Waals surface area (Å²) in [6.07, 6.45) is 0. The van der Waals surface area contributed by atoms with Crippen molar-refractivity contribution in [2.24, 2.45) is 0 Å². The largest absolute Gasteiger partial charge is 0.350 e. The van der Waals surface area contributed by atoms with Crippen molar-refractivity contribution in [3.63, 3.8) is 0 Å². The molecular formula is C11H24N2OS. The van der Waals surface area contributed by atoms with Gasteiger partial charge in [0, 0.05) is 17.3 Å². The minimum atomic E-state index is -0.150. The highest BCUT2D eigenvalue weighted by Crippen LogP contribution is 2.01. The van der Waals surface area contributed by atoms with Gasteiger partial charge >= 0.3 is 0 Å². The van der Waals surface area contributed by atoms with Crippen molar-refractivity contribution in [2.75, 3.05) is 19.6 Å². The van der Waals surface area contributed by atoms with Crippen LogP contribution in [0.3, 0.4) is 0 Å². The third-order valence-corrected chi connectivity index (χ3v) is 2.01. The van der Waals surface area contributed by atoms with Gasteiger partial charge in [-0.1, -0.05) is 13.8 Å². The van der Waals surface area contributed by atoms with Gasteiger partial charge in [-0.25, -0.2) is 0 Å². The third-order valence-electron chi connectivity index (χ3n) is 1.85. The Morgan fingerprint density at radius 1 is 1.47 bits per heavy atom. The predicted octanol–water partition coefficient (Wildman–Crippen LogP) is 1.54. The molecule has 0 saturated heterocycles. The maximum Gasteiger partial charge on any atom is 0.234 e. The monoisotopic (exact) mass is 232 g/mol. The summed E-state index contributed by atoms with van der Waals surface area (Å²) in [6.45, 7) is 12.2. The Labute approximate surface area is 99.0 Å². The van der Waals surface area contributed by atoms with Gasteiger partial charge in [0.1, 0.15) is 0 Å². The second-order valence-electron chi connectivity index (χ2n) is 4.97. The van der Waals surface area contributed by atoms with Crippen LogP contribution in [0.15, 0.2) is 0 Å². The summed E-state index contributed by atoms with van der Waals surface area (Å²) >= 11 is 4.33. The van der Waals surface area contributed by atoms with E-state index in [1.807, 2.05) is 27.7 Å². The highest BCUT2D eigenvalue weighted by molar-refractivity contribution is 7.80. The molecule has 0 heterocycles. The van der Waals surface area contributed by atoms with Crippen LogP contribution in [-0.2, 0) is 4.79 Å². The van der Waals surface area contributed by atoms with Crippen molar-refractivity contribution in [1.82, 2.24) is 10.2 Å². The summed E-state index contributed by atoms with van der Waals surface area (Å²) < 4.78 is 0. The van der Waals surface area contributed by atoms with Crippen LogP contribution in [0.2, 0.25) is 0 Å². The van der Waals surface area contributed by atoms with Crippen LogP contribution in [0.4, 0.5) is 0 Å². The van der Waals surface area contributed by atoms with E-state index in [0.29, 0.717) is 11.8 Å². The first-order valence-corrected chi connectivity index (χ1v) is 5.97. The first-order chi connectivity index (χ1) is 6.74. The second-order valence-corrected chi connectivity index (χ2v) is 5.86. The summed E-state index contributed by atoms with van der Waals surface area (Å²) in [5.41, 5.74) is -0.150. The third kappa shape index (κ3) is 8.75. The molecule has 0 bridgehead atoms. The van der Waals surface area contributed by atoms with Crippen molar-refractivity contribution >= 4 is 18.5 Å². The first kappa shape index (κ1) is 14.8. The molecule has 3 nitrogen and oxygen atoms in total. The predicted molar refractivity (Wildman–Crippen MR) is 68.5 cm³/mol. The standard InChI is InChI=1S/C11H24N2OS/c1-6-13(7-9(2)15)8-10(14)12-11(3,4)5/h9,15H,6-8H2,1-5H3,(H,12,14). The molecule has 0 fully saturated rings. The van der Waals surface area contributed by atoms with Crippen LogP contribution in [0, 0.1) is 0 Å². The molecule has 15 heavy (non-hydrogen) atoms. The lowest BCUT2D eigenvalue weighted by Crippen LogP contribution is -2.46. The average Bonchev–Trinajstić information content (AvgIpc) is 1.98. The molecule has 1 amide bonds. The lowest BCUT2D eigenvalue weighted by Gasteiger charge is -2.25. The molecule has 0 radical (unpaired) electrons. The van der Waals surface area contributed by atoms with E-state index in [9.17, 15) is 4.79 Å². The van der Waals surface area contributed by atoms with E-state index in [2.05, 4.69) is 29.8 Å². The molecule has 1 N–H and O–H groups in total. The van der Waals surface area contributed by atoms with Gasteiger partial charge in [0.15, 0.2) is 0 Å². The molecule has 0 saturated carbocycles. The van der Waals surface area contributed by atoms with E-state index in [1.54, 1.807) is 0 Å². The maximum absolute atomic E-state index is 11.6. The molecule has 90 valence electrons. The Morgan fingerprint density at radius 2 is 2.00 bits per heavy atom. The van der Waals surface area contributed by atoms with Gasteiger partial charge in [-0.2, -0.15) is 12.6 Å². The zero-order chi connectivity index (χ0) is 12.1. The molecular weight excluding hydrogens is 208 g/mol. The lowest BCUT2D eigenvalue weighted by molar-refractivity contribution is -0.123. The molecule has 0 aromatic rings. The van der Waals surface area contributed by atoms with E-state index in [1.165, 1.54) is 0 Å². The zero-order valence-electron chi connectivity index (χ0n) is 10.5. The van der Waals surface area contributed by atoms with Crippen molar-refractivity contribution in [3.8, 4) is 0 Å². The van der Waals surface area contributed by atoms with Gasteiger partial charge in [0.2, 0.25) is 5.91 Å². The highest BCUT2D eigenvalue weighted by Gasteiger charge is 2.16. The average molecular weight is 232 g/mol. The van der Waals surface area contributed by atoms with E-state index < -0.39 is 0 Å². The SMILES string of the molecule is CCN(CC(=O)NC(C)(C)C)CC(C)S. The van der Waals surface area contributed by atoms with Gasteiger partial charge in [-0.15, -0.1) is 0 Å². The molecule has 0 aromatic heterocycles. The normalized spacial score (nSPS) is 14.1. The molecule has 0 aromatic carbocycles. The van der Waals surface area contributed by atoms with E-state index in [-0.39, 0.29) is 11.4 Å². The number of thiol groups is 1. The van der Waals surface area contributed by atoms with Gasteiger partial charge in [-0.3, -0.25) is 9.69 Å². The number of nitrogens with zero attached hydrogens (tertiary/aromatic N) is 1. The number of likely N-dealkylation sites (N-methyl/N-ethyl adjacent to an activating group) is 1. The Kier molecular flexibility index (Phi) is 6.29. The maximum atomic E-state index is 11.6. The van der Waals surface area contributed by atoms with Crippen molar-refractivity contribution in [3.05, 3.63) is 0 Å². The number of carbonyl (C=O) groups excluding carboxylic acids is 1. The van der Waals surface area contributed by atoms with Gasteiger partial charge in [0.05, 0.1) is 6.54 Å². The fourth-order valence-electron chi connectivity index (χ4n) is 1.34. The van der Waals surface area contributed by atoms with Gasteiger partial charge in [-0.05, 0) is 27.3 Å². The smallest absolute Gasteiger partial charge is 0.234 e. The van der Waals surface area contributed by atoms with Crippen molar-refractivity contribution in [1.29, 1.82) is 0 Å². The van der Waals surface area contributed by atoms with E-state index in [0.717, 1.165) is 13.1 Å². The fourth-order valence-corrected chi connectivity index (χ4v) is 1.57. The summed E-state index contributed by atoms with van der Waals surface area (Å²) in [6, 6.07) is 0. The van der Waals surface area contributed by atoms with Crippen LogP contribution in [0.5, 0.6) is 0 Å². The fraction of sp³-hybridized carbons (Fsp3) is 0.909. The minimum Gasteiger partial charge on any atom is -0.350 e. The topological polar surface area (TPSA) is 32.3 Å². The zero-order valence-corrected chi connectivity index (χ0v) is 11.4. The number of amides is 1. The van der Waals surface area contributed by atoms with Crippen LogP contribution in [0.1, 0.15) is 34.6 Å². The van der Waals surface area contributed by atoms with Crippen LogP contribution in [-0.4, -0.2) is 41.2 Å².